The highest BCUT2D eigenvalue weighted by molar-refractivity contribution is 7.06. The molecule has 4 aliphatic rings. The molecule has 0 fully saturated rings. The number of pyridine rings is 1. The smallest absolute Gasteiger partial charge is 0.128 e. The van der Waals surface area contributed by atoms with E-state index in [1.165, 1.54) is 90.2 Å². The van der Waals surface area contributed by atoms with E-state index in [1.807, 2.05) is 6.20 Å². The third kappa shape index (κ3) is 4.01. The van der Waals surface area contributed by atoms with Crippen molar-refractivity contribution in [3.63, 3.8) is 0 Å². The Morgan fingerprint density at radius 3 is 1.23 bits per heavy atom. The van der Waals surface area contributed by atoms with E-state index in [0.29, 0.717) is 0 Å². The fraction of sp³-hybridized carbons (Fsp3) is 0.0755. The second-order valence-electron chi connectivity index (χ2n) is 16.7. The van der Waals surface area contributed by atoms with E-state index < -0.39 is 16.1 Å². The first-order valence-corrected chi connectivity index (χ1v) is 24.9. The van der Waals surface area contributed by atoms with Gasteiger partial charge in [0.15, 0.2) is 0 Å². The summed E-state index contributed by atoms with van der Waals surface area (Å²) in [5.74, 6) is 0. The molecule has 0 unspecified atom stereocenters. The normalized spacial score (nSPS) is 15.9. The average molecular weight is 744 g/mol. The molecule has 0 N–H and O–H groups in total. The number of nitrogens with zero attached hydrogens (tertiary/aromatic N) is 1. The van der Waals surface area contributed by atoms with Crippen molar-refractivity contribution in [1.82, 2.24) is 4.98 Å². The van der Waals surface area contributed by atoms with Crippen LogP contribution >= 0.6 is 0 Å². The van der Waals surface area contributed by atoms with Gasteiger partial charge in [0.05, 0.1) is 0 Å². The van der Waals surface area contributed by atoms with Crippen LogP contribution in [0.4, 0.5) is 0 Å². The van der Waals surface area contributed by atoms with Gasteiger partial charge in [0, 0.05) is 17.8 Å². The molecular weight excluding hydrogens is 707 g/mol. The predicted molar refractivity (Wildman–Crippen MR) is 239 cm³/mol. The lowest BCUT2D eigenvalue weighted by Crippen LogP contribution is -2.57. The number of hydrogen-bond donors (Lipinski definition) is 0. The van der Waals surface area contributed by atoms with Gasteiger partial charge in [-0.25, -0.2) is 0 Å². The van der Waals surface area contributed by atoms with E-state index in [0.717, 1.165) is 0 Å². The van der Waals surface area contributed by atoms with Gasteiger partial charge in [0.1, 0.15) is 16.1 Å². The molecule has 4 aliphatic heterocycles. The maximum absolute atomic E-state index is 4.80. The molecule has 3 heteroatoms. The molecule has 0 radical (unpaired) electrons. The fourth-order valence-corrected chi connectivity index (χ4v) is 22.8. The Kier molecular flexibility index (Phi) is 6.24. The molecule has 1 aromatic heterocycles. The maximum atomic E-state index is 4.80. The summed E-state index contributed by atoms with van der Waals surface area (Å²) in [6, 6.07) is 68.2. The standard InChI is InChI=1S/C53H37NSi2/c1-2-12-37-31-55(30-36(37)11-1)48-19-9-7-15-40(48)45-27-34(21-23-50(45)55)52-42-17-5-6-18-43(42)53(47-29-54-26-25-44(47)52)35-22-24-51-46(28-35)41-16-8-10-20-49(41)56(51)32-38-13-3-4-14-39(38)33-56/h1-29H,30-33H2. The number of fused-ring (bicyclic) bond motifs is 14. The Hall–Kier alpha value is -6.14. The highest BCUT2D eigenvalue weighted by Crippen LogP contribution is 2.47. The zero-order valence-corrected chi connectivity index (χ0v) is 33.0. The minimum absolute atomic E-state index is 1.19. The molecule has 0 saturated carbocycles. The van der Waals surface area contributed by atoms with E-state index in [9.17, 15) is 0 Å². The Bertz CT molecular complexity index is 2860. The van der Waals surface area contributed by atoms with Gasteiger partial charge >= 0.3 is 0 Å². The van der Waals surface area contributed by atoms with Gasteiger partial charge in [-0.15, -0.1) is 0 Å². The number of hydrogen-bond acceptors (Lipinski definition) is 1. The summed E-state index contributed by atoms with van der Waals surface area (Å²) >= 11 is 0. The van der Waals surface area contributed by atoms with Crippen molar-refractivity contribution >= 4 is 58.4 Å². The number of rotatable bonds is 2. The van der Waals surface area contributed by atoms with Crippen LogP contribution in [0.25, 0.3) is 66.1 Å². The number of benzene rings is 8. The Labute approximate surface area is 329 Å². The average Bonchev–Trinajstić information content (AvgIpc) is 3.99. The van der Waals surface area contributed by atoms with E-state index in [4.69, 9.17) is 4.98 Å². The van der Waals surface area contributed by atoms with Crippen LogP contribution in [0.3, 0.4) is 0 Å². The molecule has 0 saturated heterocycles. The molecule has 0 aliphatic carbocycles. The summed E-state index contributed by atoms with van der Waals surface area (Å²) < 4.78 is 0. The van der Waals surface area contributed by atoms with Crippen LogP contribution in [0.1, 0.15) is 22.3 Å². The first-order valence-electron chi connectivity index (χ1n) is 20.1. The molecule has 13 rings (SSSR count). The van der Waals surface area contributed by atoms with Crippen molar-refractivity contribution in [2.24, 2.45) is 0 Å². The lowest BCUT2D eigenvalue weighted by atomic mass is 9.85. The second-order valence-corrected chi connectivity index (χ2v) is 24.6. The molecule has 9 aromatic rings. The fourth-order valence-electron chi connectivity index (χ4n) is 11.9. The van der Waals surface area contributed by atoms with Gasteiger partial charge in [-0.05, 0) is 146 Å². The monoisotopic (exact) mass is 743 g/mol. The van der Waals surface area contributed by atoms with Crippen molar-refractivity contribution in [3.8, 4) is 44.5 Å². The minimum Gasteiger partial charge on any atom is -0.264 e. The number of aromatic nitrogens is 1. The molecule has 5 heterocycles. The molecular formula is C53H37NSi2. The van der Waals surface area contributed by atoms with Crippen LogP contribution in [0.2, 0.25) is 0 Å². The highest BCUT2D eigenvalue weighted by atomic mass is 28.3. The third-order valence-electron chi connectivity index (χ3n) is 14.1. The molecule has 262 valence electrons. The van der Waals surface area contributed by atoms with E-state index >= 15 is 0 Å². The summed E-state index contributed by atoms with van der Waals surface area (Å²) in [5.41, 5.74) is 17.1. The lowest BCUT2D eigenvalue weighted by molar-refractivity contribution is 1.35. The van der Waals surface area contributed by atoms with Gasteiger partial charge in [0.2, 0.25) is 0 Å². The van der Waals surface area contributed by atoms with Gasteiger partial charge in [-0.1, -0.05) is 146 Å². The topological polar surface area (TPSA) is 12.9 Å². The van der Waals surface area contributed by atoms with E-state index in [-0.39, 0.29) is 0 Å². The molecule has 0 bridgehead atoms. The Balaban J connectivity index is 1.01. The summed E-state index contributed by atoms with van der Waals surface area (Å²) in [7, 11) is -3.94. The van der Waals surface area contributed by atoms with Crippen LogP contribution in [0.5, 0.6) is 0 Å². The Morgan fingerprint density at radius 2 is 0.732 bits per heavy atom. The van der Waals surface area contributed by atoms with E-state index in [1.54, 1.807) is 43.0 Å². The first-order chi connectivity index (χ1) is 27.7. The van der Waals surface area contributed by atoms with Crippen LogP contribution in [0, 0.1) is 0 Å². The van der Waals surface area contributed by atoms with Crippen LogP contribution < -0.4 is 20.7 Å². The van der Waals surface area contributed by atoms with Gasteiger partial charge in [-0.2, -0.15) is 0 Å². The minimum atomic E-state index is -1.97. The first kappa shape index (κ1) is 31.1. The highest BCUT2D eigenvalue weighted by Gasteiger charge is 2.50. The van der Waals surface area contributed by atoms with E-state index in [2.05, 4.69) is 170 Å². The summed E-state index contributed by atoms with van der Waals surface area (Å²) in [5, 5.41) is 11.5. The van der Waals surface area contributed by atoms with Crippen LogP contribution in [-0.2, 0) is 24.2 Å². The molecule has 2 spiro atoms. The predicted octanol–water partition coefficient (Wildman–Crippen LogP) is 9.56. The largest absolute Gasteiger partial charge is 0.264 e. The maximum Gasteiger partial charge on any atom is 0.128 e. The summed E-state index contributed by atoms with van der Waals surface area (Å²) in [6.07, 6.45) is 4.10. The lowest BCUT2D eigenvalue weighted by Gasteiger charge is -2.24. The van der Waals surface area contributed by atoms with Crippen molar-refractivity contribution in [2.75, 3.05) is 0 Å². The molecule has 0 amide bonds. The molecule has 1 nitrogen and oxygen atoms in total. The van der Waals surface area contributed by atoms with Crippen molar-refractivity contribution < 1.29 is 0 Å². The van der Waals surface area contributed by atoms with Gasteiger partial charge in [-0.3, -0.25) is 4.98 Å². The molecule has 8 aromatic carbocycles. The zero-order chi connectivity index (χ0) is 36.6. The quantitative estimate of drug-likeness (QED) is 0.127. The van der Waals surface area contributed by atoms with Crippen LogP contribution in [-0.4, -0.2) is 21.1 Å². The van der Waals surface area contributed by atoms with Gasteiger partial charge in [0.25, 0.3) is 0 Å². The zero-order valence-electron chi connectivity index (χ0n) is 31.0. The molecule has 56 heavy (non-hydrogen) atoms. The summed E-state index contributed by atoms with van der Waals surface area (Å²) in [6.45, 7) is 0. The van der Waals surface area contributed by atoms with Crippen molar-refractivity contribution in [1.29, 1.82) is 0 Å². The summed E-state index contributed by atoms with van der Waals surface area (Å²) in [4.78, 5) is 4.80. The van der Waals surface area contributed by atoms with Gasteiger partial charge < -0.3 is 0 Å². The second kappa shape index (κ2) is 11.2. The SMILES string of the molecule is c1ccc2c(c1)C[Si]1(C2)c2ccccc2-c2cc(-c3c4ccccc4c(-c4ccc5c(c4)-c4ccccc4[Si]54Cc5ccccc5C4)c4cnccc34)ccc21. The van der Waals surface area contributed by atoms with Crippen molar-refractivity contribution in [2.45, 2.75) is 24.2 Å². The van der Waals surface area contributed by atoms with Crippen LogP contribution in [0.15, 0.2) is 176 Å². The van der Waals surface area contributed by atoms with Crippen molar-refractivity contribution in [3.05, 3.63) is 198 Å². The third-order valence-corrected chi connectivity index (χ3v) is 24.0. The molecule has 0 atom stereocenters. The Morgan fingerprint density at radius 1 is 0.339 bits per heavy atom.